The summed E-state index contributed by atoms with van der Waals surface area (Å²) >= 11 is 0. The maximum absolute atomic E-state index is 12.6. The Hall–Kier alpha value is -3.65. The first-order valence-electron chi connectivity index (χ1n) is 15.3. The van der Waals surface area contributed by atoms with Crippen molar-refractivity contribution in [3.05, 3.63) is 53.7 Å². The lowest BCUT2D eigenvalue weighted by molar-refractivity contribution is -0.0366. The number of para-hydroxylation sites is 1. The molecule has 2 aromatic carbocycles. The van der Waals surface area contributed by atoms with Crippen LogP contribution in [0.5, 0.6) is 0 Å². The van der Waals surface area contributed by atoms with Crippen molar-refractivity contribution in [2.75, 3.05) is 37.7 Å². The number of likely N-dealkylation sites (tertiary alicyclic amines) is 1. The van der Waals surface area contributed by atoms with E-state index < -0.39 is 5.60 Å². The van der Waals surface area contributed by atoms with Gasteiger partial charge in [-0.15, -0.1) is 0 Å². The van der Waals surface area contributed by atoms with Crippen LogP contribution in [0.25, 0.3) is 32.9 Å². The van der Waals surface area contributed by atoms with Gasteiger partial charge >= 0.3 is 6.09 Å². The molecule has 1 amide bonds. The fourth-order valence-corrected chi connectivity index (χ4v) is 7.23. The molecule has 7 rings (SSSR count). The summed E-state index contributed by atoms with van der Waals surface area (Å²) in [6.07, 6.45) is 6.10. The van der Waals surface area contributed by atoms with E-state index in [9.17, 15) is 4.79 Å². The van der Waals surface area contributed by atoms with Gasteiger partial charge in [-0.1, -0.05) is 24.3 Å². The van der Waals surface area contributed by atoms with Crippen LogP contribution in [0.15, 0.2) is 42.6 Å². The second kappa shape index (κ2) is 9.97. The Kier molecular flexibility index (Phi) is 6.46. The highest BCUT2D eigenvalue weighted by atomic mass is 16.6. The minimum atomic E-state index is -0.481. The molecule has 0 radical (unpaired) electrons. The minimum Gasteiger partial charge on any atom is -0.444 e. The van der Waals surface area contributed by atoms with E-state index in [1.165, 1.54) is 22.3 Å². The van der Waals surface area contributed by atoms with Crippen molar-refractivity contribution in [1.29, 1.82) is 0 Å². The monoisotopic (exact) mass is 567 g/mol. The average molecular weight is 568 g/mol. The van der Waals surface area contributed by atoms with Crippen molar-refractivity contribution < 1.29 is 14.3 Å². The largest absolute Gasteiger partial charge is 0.444 e. The number of benzene rings is 2. The van der Waals surface area contributed by atoms with Gasteiger partial charge in [0.2, 0.25) is 0 Å². The van der Waals surface area contributed by atoms with Crippen molar-refractivity contribution in [2.24, 2.45) is 5.41 Å². The second-order valence-electron chi connectivity index (χ2n) is 13.6. The molecule has 0 bridgehead atoms. The quantitative estimate of drug-likeness (QED) is 0.265. The van der Waals surface area contributed by atoms with Gasteiger partial charge < -0.3 is 19.3 Å². The van der Waals surface area contributed by atoms with Gasteiger partial charge in [-0.25, -0.2) is 14.5 Å². The number of aryl methyl sites for hydroxylation is 1. The molecule has 8 nitrogen and oxygen atoms in total. The molecule has 2 aromatic heterocycles. The Bertz CT molecular complexity index is 1670. The molecule has 0 aliphatic carbocycles. The molecule has 0 saturated carbocycles. The van der Waals surface area contributed by atoms with Crippen LogP contribution in [-0.2, 0) is 9.47 Å². The molecule has 4 aromatic rings. The Balaban J connectivity index is 1.26. The van der Waals surface area contributed by atoms with Gasteiger partial charge in [0.1, 0.15) is 11.4 Å². The molecule has 3 saturated heterocycles. The molecular weight excluding hydrogens is 526 g/mol. The molecule has 220 valence electrons. The highest BCUT2D eigenvalue weighted by molar-refractivity contribution is 6.07. The number of carbonyl (C=O) groups excluding carboxylic acids is 1. The molecule has 3 aliphatic rings. The number of pyridine rings is 1. The number of nitrogens with zero attached hydrogens (tertiary/aromatic N) is 5. The van der Waals surface area contributed by atoms with E-state index >= 15 is 0 Å². The number of fused-ring (bicyclic) bond motifs is 2. The molecule has 1 spiro atoms. The molecule has 3 fully saturated rings. The van der Waals surface area contributed by atoms with Crippen molar-refractivity contribution >= 4 is 33.7 Å². The number of carbonyl (C=O) groups is 1. The Morgan fingerprint density at radius 2 is 1.83 bits per heavy atom. The SMILES string of the molecule is Cc1ccc2c(cnn2C2CCCCO2)c1-c1c(C)c(N2CCC3(CN(C(=O)OC(C)(C)C)C3)C2)nc2ccccc12. The van der Waals surface area contributed by atoms with Gasteiger partial charge in [-0.3, -0.25) is 0 Å². The molecule has 5 heterocycles. The fraction of sp³-hybridized carbons (Fsp3) is 0.500. The van der Waals surface area contributed by atoms with E-state index in [0.717, 1.165) is 86.1 Å². The topological polar surface area (TPSA) is 72.7 Å². The van der Waals surface area contributed by atoms with Crippen LogP contribution in [0.3, 0.4) is 0 Å². The zero-order chi connectivity index (χ0) is 29.2. The molecule has 3 aliphatic heterocycles. The first-order chi connectivity index (χ1) is 20.1. The van der Waals surface area contributed by atoms with Crippen LogP contribution in [0.4, 0.5) is 10.6 Å². The summed E-state index contributed by atoms with van der Waals surface area (Å²) in [4.78, 5) is 22.2. The molecular formula is C34H41N5O3. The minimum absolute atomic E-state index is 0.0128. The number of hydrogen-bond donors (Lipinski definition) is 0. The number of aromatic nitrogens is 3. The molecule has 0 N–H and O–H groups in total. The molecule has 1 atom stereocenters. The Morgan fingerprint density at radius 3 is 2.60 bits per heavy atom. The smallest absolute Gasteiger partial charge is 0.410 e. The van der Waals surface area contributed by atoms with Crippen LogP contribution >= 0.6 is 0 Å². The third kappa shape index (κ3) is 4.60. The van der Waals surface area contributed by atoms with Crippen molar-refractivity contribution in [1.82, 2.24) is 19.7 Å². The van der Waals surface area contributed by atoms with Gasteiger partial charge in [0.15, 0.2) is 6.23 Å². The molecule has 42 heavy (non-hydrogen) atoms. The van der Waals surface area contributed by atoms with Gasteiger partial charge in [0.05, 0.1) is 17.2 Å². The van der Waals surface area contributed by atoms with E-state index in [1.807, 2.05) is 31.9 Å². The third-order valence-electron chi connectivity index (χ3n) is 9.22. The third-order valence-corrected chi connectivity index (χ3v) is 9.22. The van der Waals surface area contributed by atoms with E-state index in [0.29, 0.717) is 0 Å². The number of rotatable bonds is 3. The van der Waals surface area contributed by atoms with Crippen LogP contribution in [0.1, 0.15) is 63.8 Å². The molecule has 1 unspecified atom stereocenters. The Labute approximate surface area is 247 Å². The van der Waals surface area contributed by atoms with Crippen LogP contribution in [0.2, 0.25) is 0 Å². The summed E-state index contributed by atoms with van der Waals surface area (Å²) in [5.41, 5.74) is 6.58. The normalized spacial score (nSPS) is 20.5. The summed E-state index contributed by atoms with van der Waals surface area (Å²) in [6, 6.07) is 12.9. The summed E-state index contributed by atoms with van der Waals surface area (Å²) in [7, 11) is 0. The zero-order valence-corrected chi connectivity index (χ0v) is 25.4. The summed E-state index contributed by atoms with van der Waals surface area (Å²) in [5, 5.41) is 7.17. The lowest BCUT2D eigenvalue weighted by Crippen LogP contribution is -2.60. The summed E-state index contributed by atoms with van der Waals surface area (Å²) in [5.74, 6) is 1.04. The van der Waals surface area contributed by atoms with E-state index in [-0.39, 0.29) is 17.7 Å². The highest BCUT2D eigenvalue weighted by Gasteiger charge is 2.50. The van der Waals surface area contributed by atoms with Gasteiger partial charge in [-0.05, 0) is 89.1 Å². The fourth-order valence-electron chi connectivity index (χ4n) is 7.23. The number of amides is 1. The predicted molar refractivity (Wildman–Crippen MR) is 166 cm³/mol. The first-order valence-corrected chi connectivity index (χ1v) is 15.3. The highest BCUT2D eigenvalue weighted by Crippen LogP contribution is 2.46. The van der Waals surface area contributed by atoms with Crippen LogP contribution < -0.4 is 4.90 Å². The van der Waals surface area contributed by atoms with Crippen molar-refractivity contribution in [2.45, 2.75) is 72.1 Å². The van der Waals surface area contributed by atoms with E-state index in [2.05, 4.69) is 59.8 Å². The average Bonchev–Trinajstić information content (AvgIpc) is 3.58. The second-order valence-corrected chi connectivity index (χ2v) is 13.6. The van der Waals surface area contributed by atoms with Gasteiger partial charge in [0.25, 0.3) is 0 Å². The van der Waals surface area contributed by atoms with Crippen molar-refractivity contribution in [3.8, 4) is 11.1 Å². The summed E-state index contributed by atoms with van der Waals surface area (Å²) in [6.45, 7) is 14.2. The lowest BCUT2D eigenvalue weighted by atomic mass is 9.79. The van der Waals surface area contributed by atoms with Gasteiger partial charge in [-0.2, -0.15) is 5.10 Å². The molecule has 8 heteroatoms. The Morgan fingerprint density at radius 1 is 1.02 bits per heavy atom. The number of ether oxygens (including phenoxy) is 2. The number of anilines is 1. The van der Waals surface area contributed by atoms with E-state index in [1.54, 1.807) is 0 Å². The first kappa shape index (κ1) is 27.2. The maximum Gasteiger partial charge on any atom is 0.410 e. The maximum atomic E-state index is 12.6. The number of hydrogen-bond acceptors (Lipinski definition) is 6. The van der Waals surface area contributed by atoms with Crippen LogP contribution in [0, 0.1) is 19.3 Å². The van der Waals surface area contributed by atoms with Crippen molar-refractivity contribution in [3.63, 3.8) is 0 Å². The van der Waals surface area contributed by atoms with Gasteiger partial charge in [0, 0.05) is 54.5 Å². The predicted octanol–water partition coefficient (Wildman–Crippen LogP) is 7.01. The lowest BCUT2D eigenvalue weighted by Gasteiger charge is -2.47. The van der Waals surface area contributed by atoms with Crippen LogP contribution in [-0.4, -0.2) is 64.1 Å². The van der Waals surface area contributed by atoms with E-state index in [4.69, 9.17) is 19.6 Å². The summed E-state index contributed by atoms with van der Waals surface area (Å²) < 4.78 is 13.8. The standard InChI is InChI=1S/C34H41N5O3/c1-22-13-14-27-25(18-35-39(27)28-12-8-9-17-41-28)29(22)30-23(2)31(36-26-11-7-6-10-24(26)30)37-16-15-34(19-37)20-38(21-34)32(40)42-33(3,4)5/h6-7,10-11,13-14,18,28H,8-9,12,15-17,19-21H2,1-5H3. The zero-order valence-electron chi connectivity index (χ0n) is 25.4.